The predicted octanol–water partition coefficient (Wildman–Crippen LogP) is 4.18. The molecular formula is C24H26F5N7. The summed E-state index contributed by atoms with van der Waals surface area (Å²) in [5.41, 5.74) is 3.93. The van der Waals surface area contributed by atoms with Crippen LogP contribution in [0.3, 0.4) is 0 Å². The Bertz CT molecular complexity index is 1330. The van der Waals surface area contributed by atoms with Crippen molar-refractivity contribution in [2.45, 2.75) is 24.2 Å². The molecule has 4 rings (SSSR count). The molecule has 192 valence electrons. The number of aromatic nitrogens is 3. The van der Waals surface area contributed by atoms with Gasteiger partial charge in [-0.1, -0.05) is 12.1 Å². The quantitative estimate of drug-likeness (QED) is 0.359. The van der Waals surface area contributed by atoms with E-state index in [0.29, 0.717) is 19.2 Å². The van der Waals surface area contributed by atoms with E-state index in [1.54, 1.807) is 7.05 Å². The van der Waals surface area contributed by atoms with Crippen LogP contribution in [0.2, 0.25) is 0 Å². The number of nitrogens with one attached hydrogen (secondary N) is 3. The largest absolute Gasteiger partial charge is 0.419 e. The standard InChI is InChI=1S/C24H26F5N7/c1-31-23(7-8-36(2)3)10-17(26)18(9-19(23)30)34-22-33-12-15(24(27,28)29)20(35-22)14-11-32-21-13(14)5-4-6-16(21)25/h4-6,9-12,19,31-32H,7-8,30H2,1-3H3,(H,33,34,35). The molecule has 0 aliphatic heterocycles. The number of fused-ring (bicyclic) bond motifs is 1. The first kappa shape index (κ1) is 25.7. The number of rotatable bonds is 7. The molecule has 3 aromatic rings. The molecule has 2 aromatic heterocycles. The number of halogens is 5. The van der Waals surface area contributed by atoms with Crippen LogP contribution in [0, 0.1) is 5.82 Å². The highest BCUT2D eigenvalue weighted by Gasteiger charge is 2.38. The number of para-hydroxylation sites is 1. The van der Waals surface area contributed by atoms with Crippen molar-refractivity contribution in [2.24, 2.45) is 5.73 Å². The van der Waals surface area contributed by atoms with Gasteiger partial charge in [-0.2, -0.15) is 13.2 Å². The first-order valence-electron chi connectivity index (χ1n) is 11.1. The molecule has 2 heterocycles. The second-order valence-electron chi connectivity index (χ2n) is 8.89. The van der Waals surface area contributed by atoms with Crippen molar-refractivity contribution < 1.29 is 22.0 Å². The molecule has 12 heteroatoms. The van der Waals surface area contributed by atoms with Gasteiger partial charge in [0, 0.05) is 29.4 Å². The fourth-order valence-corrected chi connectivity index (χ4v) is 4.21. The molecule has 5 N–H and O–H groups in total. The van der Waals surface area contributed by atoms with Gasteiger partial charge in [-0.15, -0.1) is 0 Å². The lowest BCUT2D eigenvalue weighted by Crippen LogP contribution is -2.57. The van der Waals surface area contributed by atoms with E-state index in [0.717, 1.165) is 0 Å². The number of aromatic amines is 1. The van der Waals surface area contributed by atoms with Gasteiger partial charge in [0.25, 0.3) is 0 Å². The summed E-state index contributed by atoms with van der Waals surface area (Å²) in [6.07, 6.45) is 0.411. The minimum absolute atomic E-state index is 0.0329. The molecule has 1 aliphatic carbocycles. The highest BCUT2D eigenvalue weighted by atomic mass is 19.4. The second-order valence-corrected chi connectivity index (χ2v) is 8.89. The maximum absolute atomic E-state index is 15.1. The lowest BCUT2D eigenvalue weighted by Gasteiger charge is -2.38. The van der Waals surface area contributed by atoms with Gasteiger partial charge < -0.3 is 26.3 Å². The number of hydrogen-bond acceptors (Lipinski definition) is 6. The number of benzene rings is 1. The Morgan fingerprint density at radius 3 is 2.64 bits per heavy atom. The van der Waals surface area contributed by atoms with Gasteiger partial charge in [0.15, 0.2) is 0 Å². The molecule has 7 nitrogen and oxygen atoms in total. The van der Waals surface area contributed by atoms with Crippen LogP contribution in [0.1, 0.15) is 12.0 Å². The van der Waals surface area contributed by atoms with E-state index < -0.39 is 40.7 Å². The highest BCUT2D eigenvalue weighted by molar-refractivity contribution is 5.95. The SMILES string of the molecule is CNC1(CCN(C)C)C=C(F)C(Nc2ncc(C(F)(F)F)c(-c3c[nH]c4c(F)cccc34)n2)=CC1N. The van der Waals surface area contributed by atoms with Crippen LogP contribution in [0.5, 0.6) is 0 Å². The topological polar surface area (TPSA) is 94.9 Å². The van der Waals surface area contributed by atoms with Crippen molar-refractivity contribution in [3.05, 3.63) is 65.6 Å². The van der Waals surface area contributed by atoms with Crippen molar-refractivity contribution in [3.63, 3.8) is 0 Å². The summed E-state index contributed by atoms with van der Waals surface area (Å²) in [5.74, 6) is -1.53. The van der Waals surface area contributed by atoms with Crippen molar-refractivity contribution in [1.29, 1.82) is 0 Å². The van der Waals surface area contributed by atoms with Crippen molar-refractivity contribution in [3.8, 4) is 11.3 Å². The van der Waals surface area contributed by atoms with Crippen molar-refractivity contribution >= 4 is 16.9 Å². The summed E-state index contributed by atoms with van der Waals surface area (Å²) < 4.78 is 70.6. The number of anilines is 1. The molecule has 0 saturated carbocycles. The van der Waals surface area contributed by atoms with Gasteiger partial charge in [-0.3, -0.25) is 0 Å². The summed E-state index contributed by atoms with van der Waals surface area (Å²) >= 11 is 0. The molecule has 1 aliphatic rings. The summed E-state index contributed by atoms with van der Waals surface area (Å²) in [5, 5.41) is 5.95. The molecule has 0 saturated heterocycles. The van der Waals surface area contributed by atoms with E-state index >= 15 is 4.39 Å². The number of nitrogens with zero attached hydrogens (tertiary/aromatic N) is 3. The number of H-pyrrole nitrogens is 1. The Morgan fingerprint density at radius 2 is 1.97 bits per heavy atom. The van der Waals surface area contributed by atoms with Crippen LogP contribution in [-0.2, 0) is 6.18 Å². The summed E-state index contributed by atoms with van der Waals surface area (Å²) in [7, 11) is 5.46. The van der Waals surface area contributed by atoms with E-state index in [2.05, 4.69) is 25.6 Å². The van der Waals surface area contributed by atoms with E-state index in [1.165, 1.54) is 36.5 Å². The lowest BCUT2D eigenvalue weighted by molar-refractivity contribution is -0.137. The molecule has 1 aromatic carbocycles. The zero-order chi connectivity index (χ0) is 26.3. The Hall–Kier alpha value is -3.35. The van der Waals surface area contributed by atoms with Crippen LogP contribution < -0.4 is 16.4 Å². The molecule has 0 amide bonds. The van der Waals surface area contributed by atoms with Gasteiger partial charge in [0.1, 0.15) is 17.2 Å². The summed E-state index contributed by atoms with van der Waals surface area (Å²) in [4.78, 5) is 12.4. The number of allylic oxidation sites excluding steroid dienone is 1. The summed E-state index contributed by atoms with van der Waals surface area (Å²) in [6.45, 7) is 0.644. The molecule has 0 spiro atoms. The Kier molecular flexibility index (Phi) is 6.86. The minimum atomic E-state index is -4.78. The zero-order valence-corrected chi connectivity index (χ0v) is 19.8. The van der Waals surface area contributed by atoms with Crippen LogP contribution in [0.25, 0.3) is 22.2 Å². The van der Waals surface area contributed by atoms with Crippen molar-refractivity contribution in [2.75, 3.05) is 33.0 Å². The van der Waals surface area contributed by atoms with Crippen LogP contribution in [0.4, 0.5) is 27.9 Å². The monoisotopic (exact) mass is 507 g/mol. The van der Waals surface area contributed by atoms with Crippen molar-refractivity contribution in [1.82, 2.24) is 25.2 Å². The maximum Gasteiger partial charge on any atom is 0.419 e. The second kappa shape index (κ2) is 9.60. The summed E-state index contributed by atoms with van der Waals surface area (Å²) in [6, 6.07) is 3.42. The molecular weight excluding hydrogens is 481 g/mol. The average Bonchev–Trinajstić information content (AvgIpc) is 3.25. The van der Waals surface area contributed by atoms with Gasteiger partial charge in [0.2, 0.25) is 5.95 Å². The number of hydrogen-bond donors (Lipinski definition) is 4. The fourth-order valence-electron chi connectivity index (χ4n) is 4.21. The average molecular weight is 508 g/mol. The lowest BCUT2D eigenvalue weighted by atomic mass is 9.82. The molecule has 2 unspecified atom stereocenters. The Balaban J connectivity index is 1.72. The molecule has 2 atom stereocenters. The van der Waals surface area contributed by atoms with E-state index in [9.17, 15) is 17.6 Å². The van der Waals surface area contributed by atoms with Crippen LogP contribution >= 0.6 is 0 Å². The van der Waals surface area contributed by atoms with Gasteiger partial charge in [0.05, 0.1) is 22.4 Å². The third kappa shape index (κ3) is 4.84. The molecule has 0 fully saturated rings. The predicted molar refractivity (Wildman–Crippen MR) is 128 cm³/mol. The van der Waals surface area contributed by atoms with E-state index in [4.69, 9.17) is 5.73 Å². The van der Waals surface area contributed by atoms with E-state index in [1.807, 2.05) is 19.0 Å². The molecule has 0 radical (unpaired) electrons. The normalized spacial score (nSPS) is 20.6. The van der Waals surface area contributed by atoms with Crippen LogP contribution in [-0.4, -0.2) is 59.1 Å². The highest BCUT2D eigenvalue weighted by Crippen LogP contribution is 2.39. The maximum atomic E-state index is 15.1. The number of likely N-dealkylation sites (N-methyl/N-ethyl adjacent to an activating group) is 1. The fraction of sp³-hybridized carbons (Fsp3) is 0.333. The zero-order valence-electron chi connectivity index (χ0n) is 19.8. The third-order valence-corrected chi connectivity index (χ3v) is 6.28. The first-order valence-corrected chi connectivity index (χ1v) is 11.1. The van der Waals surface area contributed by atoms with E-state index in [-0.39, 0.29) is 28.1 Å². The van der Waals surface area contributed by atoms with Gasteiger partial charge in [-0.25, -0.2) is 18.7 Å². The molecule has 36 heavy (non-hydrogen) atoms. The Morgan fingerprint density at radius 1 is 1.22 bits per heavy atom. The third-order valence-electron chi connectivity index (χ3n) is 6.28. The van der Waals surface area contributed by atoms with Crippen LogP contribution in [0.15, 0.2) is 54.3 Å². The van der Waals surface area contributed by atoms with Gasteiger partial charge >= 0.3 is 6.18 Å². The first-order chi connectivity index (χ1) is 16.9. The smallest absolute Gasteiger partial charge is 0.358 e. The Labute approximate surface area is 204 Å². The number of nitrogens with two attached hydrogens (primary N) is 1. The van der Waals surface area contributed by atoms with Gasteiger partial charge in [-0.05, 0) is 52.3 Å². The number of alkyl halides is 3. The molecule has 0 bridgehead atoms. The minimum Gasteiger partial charge on any atom is -0.358 e.